The molecule has 0 bridgehead atoms. The van der Waals surface area contributed by atoms with Crippen LogP contribution >= 0.6 is 11.3 Å². The Morgan fingerprint density at radius 1 is 1.26 bits per heavy atom. The lowest BCUT2D eigenvalue weighted by molar-refractivity contribution is 0.0138. The fourth-order valence-electron chi connectivity index (χ4n) is 4.61. The van der Waals surface area contributed by atoms with Gasteiger partial charge in [0.1, 0.15) is 22.9 Å². The number of carbonyl (C=O) groups excluding carboxylic acids is 1. The Kier molecular flexibility index (Phi) is 6.07. The third kappa shape index (κ3) is 4.62. The van der Waals surface area contributed by atoms with Gasteiger partial charge >= 0.3 is 6.09 Å². The molecule has 0 radical (unpaired) electrons. The van der Waals surface area contributed by atoms with Crippen LogP contribution in [0.1, 0.15) is 69.2 Å². The Labute approximate surface area is 187 Å². The number of ether oxygens (including phenoxy) is 2. The van der Waals surface area contributed by atoms with Crippen molar-refractivity contribution < 1.29 is 14.3 Å². The zero-order valence-corrected chi connectivity index (χ0v) is 19.5. The first kappa shape index (κ1) is 21.8. The number of carbonyl (C=O) groups is 1. The molecule has 1 fully saturated rings. The summed E-state index contributed by atoms with van der Waals surface area (Å²) in [7, 11) is 1.82. The van der Waals surface area contributed by atoms with Crippen molar-refractivity contribution >= 4 is 27.6 Å². The third-order valence-electron chi connectivity index (χ3n) is 6.16. The molecule has 1 atom stereocenters. The largest absolute Gasteiger partial charge is 0.474 e. The van der Waals surface area contributed by atoms with Gasteiger partial charge in [-0.25, -0.2) is 21.3 Å². The van der Waals surface area contributed by atoms with E-state index < -0.39 is 5.60 Å². The molecule has 0 spiro atoms. The monoisotopic (exact) mass is 442 g/mol. The first-order valence-corrected chi connectivity index (χ1v) is 11.8. The average molecular weight is 443 g/mol. The Balaban J connectivity index is 1.44. The quantitative estimate of drug-likeness (QED) is 0.609. The lowest BCUT2D eigenvalue weighted by atomic mass is 9.92. The van der Waals surface area contributed by atoms with Crippen LogP contribution < -0.4 is 4.74 Å². The van der Waals surface area contributed by atoms with Crippen LogP contribution in [0.25, 0.3) is 15.1 Å². The molecule has 1 amide bonds. The fraction of sp³-hybridized carbons (Fsp3) is 0.652. The topological polar surface area (TPSA) is 68.9 Å². The van der Waals surface area contributed by atoms with Gasteiger partial charge in [0.25, 0.3) is 0 Å². The Morgan fingerprint density at radius 2 is 2.00 bits per heavy atom. The highest BCUT2D eigenvalue weighted by Crippen LogP contribution is 2.46. The first-order valence-electron chi connectivity index (χ1n) is 11.0. The van der Waals surface area contributed by atoms with Gasteiger partial charge in [0.05, 0.1) is 11.3 Å². The molecule has 0 aliphatic heterocycles. The van der Waals surface area contributed by atoms with Crippen molar-refractivity contribution in [2.45, 2.75) is 83.0 Å². The van der Waals surface area contributed by atoms with Crippen LogP contribution in [0.15, 0.2) is 6.33 Å². The van der Waals surface area contributed by atoms with Crippen LogP contribution in [0, 0.1) is 6.57 Å². The van der Waals surface area contributed by atoms with Crippen molar-refractivity contribution in [2.75, 3.05) is 13.6 Å². The number of amides is 1. The Hall–Kier alpha value is -2.40. The standard InChI is InChI=1S/C23H30N4O3S/c1-23(2,3)30-22(28)27(5)15-7-9-16(10-8-15)29-20-19-18-14(12-24-4)6-11-17(18)31-21(19)26-13-25-20/h13-16H,6-12H2,1-3,5H3/t14-,15?,16?/m1/s1. The number of hydrogen-bond acceptors (Lipinski definition) is 6. The van der Waals surface area contributed by atoms with Crippen molar-refractivity contribution in [1.82, 2.24) is 14.9 Å². The van der Waals surface area contributed by atoms with Gasteiger partial charge in [-0.1, -0.05) is 0 Å². The van der Waals surface area contributed by atoms with E-state index in [1.807, 2.05) is 27.8 Å². The summed E-state index contributed by atoms with van der Waals surface area (Å²) in [6.07, 6.45) is 6.88. The minimum Gasteiger partial charge on any atom is -0.474 e. The van der Waals surface area contributed by atoms with E-state index in [9.17, 15) is 4.79 Å². The van der Waals surface area contributed by atoms with Gasteiger partial charge in [-0.2, -0.15) is 0 Å². The van der Waals surface area contributed by atoms with E-state index >= 15 is 0 Å². The molecule has 166 valence electrons. The molecule has 7 nitrogen and oxygen atoms in total. The van der Waals surface area contributed by atoms with E-state index in [1.54, 1.807) is 22.6 Å². The minimum absolute atomic E-state index is 0.0673. The number of thiophene rings is 1. The number of fused-ring (bicyclic) bond motifs is 3. The molecule has 4 rings (SSSR count). The second kappa shape index (κ2) is 8.62. The van der Waals surface area contributed by atoms with Gasteiger partial charge < -0.3 is 19.2 Å². The molecular formula is C23H30N4O3S. The molecule has 0 unspecified atom stereocenters. The van der Waals surface area contributed by atoms with Crippen LogP contribution in [-0.4, -0.2) is 52.3 Å². The average Bonchev–Trinajstić information content (AvgIpc) is 3.27. The third-order valence-corrected chi connectivity index (χ3v) is 7.33. The number of rotatable bonds is 4. The van der Waals surface area contributed by atoms with Gasteiger partial charge in [-0.15, -0.1) is 11.3 Å². The zero-order valence-electron chi connectivity index (χ0n) is 18.7. The fourth-order valence-corrected chi connectivity index (χ4v) is 5.84. The molecule has 2 aromatic heterocycles. The molecule has 2 aliphatic rings. The van der Waals surface area contributed by atoms with Gasteiger partial charge in [0.2, 0.25) is 12.4 Å². The van der Waals surface area contributed by atoms with Crippen LogP contribution in [-0.2, 0) is 11.2 Å². The Bertz CT molecular complexity index is 999. The normalized spacial score (nSPS) is 23.3. The highest BCUT2D eigenvalue weighted by Gasteiger charge is 2.34. The molecular weight excluding hydrogens is 412 g/mol. The van der Waals surface area contributed by atoms with Crippen LogP contribution in [0.2, 0.25) is 0 Å². The molecule has 2 aromatic rings. The number of aryl methyl sites for hydroxylation is 1. The number of nitrogens with zero attached hydrogens (tertiary/aromatic N) is 4. The summed E-state index contributed by atoms with van der Waals surface area (Å²) < 4.78 is 11.9. The number of aromatic nitrogens is 2. The lowest BCUT2D eigenvalue weighted by Gasteiger charge is -2.35. The smallest absolute Gasteiger partial charge is 0.410 e. The molecule has 2 aliphatic carbocycles. The highest BCUT2D eigenvalue weighted by molar-refractivity contribution is 7.19. The molecule has 31 heavy (non-hydrogen) atoms. The summed E-state index contributed by atoms with van der Waals surface area (Å²) >= 11 is 1.71. The lowest BCUT2D eigenvalue weighted by Crippen LogP contribution is -2.43. The van der Waals surface area contributed by atoms with Crippen LogP contribution in [0.4, 0.5) is 4.79 Å². The van der Waals surface area contributed by atoms with Crippen molar-refractivity contribution in [3.8, 4) is 5.88 Å². The Morgan fingerprint density at radius 3 is 2.68 bits per heavy atom. The van der Waals surface area contributed by atoms with E-state index in [2.05, 4.69) is 14.8 Å². The zero-order chi connectivity index (χ0) is 22.2. The van der Waals surface area contributed by atoms with E-state index in [-0.39, 0.29) is 24.2 Å². The predicted octanol–water partition coefficient (Wildman–Crippen LogP) is 5.20. The molecule has 2 heterocycles. The van der Waals surface area contributed by atoms with Crippen molar-refractivity contribution in [2.24, 2.45) is 0 Å². The SMILES string of the molecule is [C-]#[N+]C[C@H]1CCc2sc3ncnc(OC4CCC(N(C)C(=O)OC(C)(C)C)CC4)c3c21. The van der Waals surface area contributed by atoms with Crippen molar-refractivity contribution in [3.63, 3.8) is 0 Å². The molecule has 0 aromatic carbocycles. The van der Waals surface area contributed by atoms with E-state index in [4.69, 9.17) is 16.0 Å². The maximum absolute atomic E-state index is 12.4. The second-order valence-electron chi connectivity index (χ2n) is 9.51. The van der Waals surface area contributed by atoms with E-state index in [0.717, 1.165) is 48.7 Å². The van der Waals surface area contributed by atoms with Crippen molar-refractivity contribution in [1.29, 1.82) is 0 Å². The first-order chi connectivity index (χ1) is 14.8. The van der Waals surface area contributed by atoms with Crippen LogP contribution in [0.3, 0.4) is 0 Å². The predicted molar refractivity (Wildman–Crippen MR) is 121 cm³/mol. The van der Waals surface area contributed by atoms with Gasteiger partial charge in [0.15, 0.2) is 0 Å². The summed E-state index contributed by atoms with van der Waals surface area (Å²) in [6, 6.07) is 0.161. The second-order valence-corrected chi connectivity index (χ2v) is 10.6. The van der Waals surface area contributed by atoms with Gasteiger partial charge in [-0.05, 0) is 64.9 Å². The molecule has 0 N–H and O–H groups in total. The van der Waals surface area contributed by atoms with Gasteiger partial charge in [-0.3, -0.25) is 0 Å². The summed E-state index contributed by atoms with van der Waals surface area (Å²) in [5, 5.41) is 1.02. The highest BCUT2D eigenvalue weighted by atomic mass is 32.1. The maximum atomic E-state index is 12.4. The van der Waals surface area contributed by atoms with Gasteiger partial charge in [0, 0.05) is 18.0 Å². The minimum atomic E-state index is -0.490. The van der Waals surface area contributed by atoms with E-state index in [1.165, 1.54) is 10.4 Å². The van der Waals surface area contributed by atoms with E-state index in [0.29, 0.717) is 12.4 Å². The molecule has 1 saturated carbocycles. The summed E-state index contributed by atoms with van der Waals surface area (Å²) in [6.45, 7) is 13.5. The summed E-state index contributed by atoms with van der Waals surface area (Å²) in [5.74, 6) is 0.913. The van der Waals surface area contributed by atoms with Crippen molar-refractivity contribution in [3.05, 3.63) is 28.2 Å². The van der Waals surface area contributed by atoms with Crippen LogP contribution in [0.5, 0.6) is 5.88 Å². The summed E-state index contributed by atoms with van der Waals surface area (Å²) in [5.41, 5.74) is 0.751. The number of hydrogen-bond donors (Lipinski definition) is 0. The molecule has 8 heteroatoms. The molecule has 0 saturated heterocycles. The maximum Gasteiger partial charge on any atom is 0.410 e. The summed E-state index contributed by atoms with van der Waals surface area (Å²) in [4.78, 5) is 29.0.